The lowest BCUT2D eigenvalue weighted by atomic mass is 9.84. The summed E-state index contributed by atoms with van der Waals surface area (Å²) in [5, 5.41) is 21.3. The van der Waals surface area contributed by atoms with E-state index in [2.05, 4.69) is 4.98 Å². The van der Waals surface area contributed by atoms with E-state index < -0.39 is 10.5 Å². The van der Waals surface area contributed by atoms with Gasteiger partial charge in [-0.2, -0.15) is 0 Å². The second-order valence-corrected chi connectivity index (χ2v) is 4.95. The molecule has 0 saturated carbocycles. The minimum absolute atomic E-state index is 0.0263. The van der Waals surface area contributed by atoms with E-state index in [0.717, 1.165) is 0 Å². The topological polar surface area (TPSA) is 85.5 Å². The van der Waals surface area contributed by atoms with Gasteiger partial charge >= 0.3 is 0 Å². The third-order valence-electron chi connectivity index (χ3n) is 3.95. The van der Waals surface area contributed by atoms with Crippen molar-refractivity contribution in [1.29, 1.82) is 0 Å². The first kappa shape index (κ1) is 13.9. The number of aliphatic hydroxyl groups is 1. The highest BCUT2D eigenvalue weighted by atomic mass is 16.6. The van der Waals surface area contributed by atoms with Gasteiger partial charge in [-0.25, -0.2) is 0 Å². The molecule has 19 heavy (non-hydrogen) atoms. The lowest BCUT2D eigenvalue weighted by Gasteiger charge is -2.41. The summed E-state index contributed by atoms with van der Waals surface area (Å²) >= 11 is 0. The maximum Gasteiger partial charge on any atom is 0.293 e. The van der Waals surface area contributed by atoms with Crippen LogP contribution in [-0.2, 0) is 4.74 Å². The Balaban J connectivity index is 2.24. The van der Waals surface area contributed by atoms with Crippen LogP contribution in [-0.4, -0.2) is 26.7 Å². The highest BCUT2D eigenvalue weighted by Crippen LogP contribution is 2.40. The molecule has 1 aromatic rings. The van der Waals surface area contributed by atoms with E-state index in [0.29, 0.717) is 24.8 Å². The second-order valence-electron chi connectivity index (χ2n) is 4.95. The van der Waals surface area contributed by atoms with E-state index in [-0.39, 0.29) is 17.9 Å². The molecule has 0 radical (unpaired) electrons. The number of rotatable bonds is 3. The Kier molecular flexibility index (Phi) is 3.82. The lowest BCUT2D eigenvalue weighted by molar-refractivity contribution is -0.386. The van der Waals surface area contributed by atoms with Gasteiger partial charge in [0.1, 0.15) is 6.20 Å². The van der Waals surface area contributed by atoms with Gasteiger partial charge in [-0.3, -0.25) is 15.1 Å². The number of aromatic nitrogens is 1. The molecule has 6 heteroatoms. The second kappa shape index (κ2) is 5.22. The first-order valence-electron chi connectivity index (χ1n) is 6.44. The normalized spacial score (nSPS) is 31.1. The van der Waals surface area contributed by atoms with Gasteiger partial charge in [0.2, 0.25) is 0 Å². The van der Waals surface area contributed by atoms with E-state index >= 15 is 0 Å². The number of ether oxygens (including phenoxy) is 1. The van der Waals surface area contributed by atoms with Crippen molar-refractivity contribution in [2.45, 2.75) is 50.9 Å². The molecule has 1 aliphatic rings. The van der Waals surface area contributed by atoms with Gasteiger partial charge in [0.25, 0.3) is 5.69 Å². The molecule has 2 rings (SSSR count). The minimum Gasteiger partial charge on any atom is -0.387 e. The van der Waals surface area contributed by atoms with Gasteiger partial charge in [-0.1, -0.05) is 6.92 Å². The van der Waals surface area contributed by atoms with E-state index in [1.807, 2.05) is 13.8 Å². The summed E-state index contributed by atoms with van der Waals surface area (Å²) in [6.45, 7) is 3.72. The Morgan fingerprint density at radius 2 is 2.42 bits per heavy atom. The Bertz CT molecular complexity index is 479. The number of hydrogen-bond acceptors (Lipinski definition) is 5. The van der Waals surface area contributed by atoms with Crippen molar-refractivity contribution in [1.82, 2.24) is 4.98 Å². The maximum absolute atomic E-state index is 11.0. The van der Waals surface area contributed by atoms with Crippen LogP contribution in [0.3, 0.4) is 0 Å². The zero-order valence-electron chi connectivity index (χ0n) is 11.1. The summed E-state index contributed by atoms with van der Waals surface area (Å²) in [6, 6.07) is 1.62. The molecule has 1 saturated heterocycles. The molecule has 1 aliphatic heterocycles. The van der Waals surface area contributed by atoms with Crippen LogP contribution >= 0.6 is 0 Å². The summed E-state index contributed by atoms with van der Waals surface area (Å²) < 4.78 is 5.79. The SMILES string of the molecule is CCC1(O)CCC(c2ccncc2[N+](=O)[O-])OC1C. The van der Waals surface area contributed by atoms with Gasteiger partial charge in [0.05, 0.1) is 28.3 Å². The van der Waals surface area contributed by atoms with Crippen molar-refractivity contribution in [3.8, 4) is 0 Å². The molecule has 1 fully saturated rings. The predicted molar refractivity (Wildman–Crippen MR) is 68.7 cm³/mol. The molecule has 1 aromatic heterocycles. The molecule has 0 amide bonds. The lowest BCUT2D eigenvalue weighted by Crippen LogP contribution is -2.46. The van der Waals surface area contributed by atoms with E-state index in [4.69, 9.17) is 4.74 Å². The number of nitrogens with zero attached hydrogens (tertiary/aromatic N) is 2. The summed E-state index contributed by atoms with van der Waals surface area (Å²) in [5.74, 6) is 0. The Labute approximate surface area is 111 Å². The van der Waals surface area contributed by atoms with Crippen molar-refractivity contribution in [2.75, 3.05) is 0 Å². The maximum atomic E-state index is 11.0. The van der Waals surface area contributed by atoms with E-state index in [9.17, 15) is 15.2 Å². The molecular weight excluding hydrogens is 248 g/mol. The third kappa shape index (κ3) is 2.59. The summed E-state index contributed by atoms with van der Waals surface area (Å²) in [4.78, 5) is 14.3. The minimum atomic E-state index is -0.835. The van der Waals surface area contributed by atoms with Gasteiger partial charge < -0.3 is 9.84 Å². The zero-order chi connectivity index (χ0) is 14.0. The summed E-state index contributed by atoms with van der Waals surface area (Å²) in [7, 11) is 0. The highest BCUT2D eigenvalue weighted by Gasteiger charge is 2.40. The van der Waals surface area contributed by atoms with Gasteiger partial charge in [0.15, 0.2) is 0 Å². The van der Waals surface area contributed by atoms with Crippen LogP contribution in [0.4, 0.5) is 5.69 Å². The molecule has 6 nitrogen and oxygen atoms in total. The largest absolute Gasteiger partial charge is 0.387 e. The van der Waals surface area contributed by atoms with Crippen LogP contribution in [0.15, 0.2) is 18.5 Å². The molecule has 3 unspecified atom stereocenters. The molecule has 3 atom stereocenters. The monoisotopic (exact) mass is 266 g/mol. The number of pyridine rings is 1. The Morgan fingerprint density at radius 1 is 1.68 bits per heavy atom. The van der Waals surface area contributed by atoms with Crippen LogP contribution in [0.2, 0.25) is 0 Å². The number of nitro groups is 1. The molecule has 0 aliphatic carbocycles. The van der Waals surface area contributed by atoms with Crippen molar-refractivity contribution >= 4 is 5.69 Å². The van der Waals surface area contributed by atoms with Crippen molar-refractivity contribution in [2.24, 2.45) is 0 Å². The third-order valence-corrected chi connectivity index (χ3v) is 3.95. The molecule has 0 aromatic carbocycles. The molecule has 0 spiro atoms. The Hall–Kier alpha value is -1.53. The van der Waals surface area contributed by atoms with Gasteiger partial charge in [0, 0.05) is 6.20 Å². The van der Waals surface area contributed by atoms with Crippen molar-refractivity contribution in [3.05, 3.63) is 34.1 Å². The average molecular weight is 266 g/mol. The average Bonchev–Trinajstić information content (AvgIpc) is 2.42. The fourth-order valence-corrected chi connectivity index (χ4v) is 2.54. The highest BCUT2D eigenvalue weighted by molar-refractivity contribution is 5.38. The fraction of sp³-hybridized carbons (Fsp3) is 0.615. The van der Waals surface area contributed by atoms with Crippen molar-refractivity contribution in [3.63, 3.8) is 0 Å². The molecule has 1 N–H and O–H groups in total. The van der Waals surface area contributed by atoms with Crippen LogP contribution in [0.5, 0.6) is 0 Å². The fourth-order valence-electron chi connectivity index (χ4n) is 2.54. The van der Waals surface area contributed by atoms with Gasteiger partial charge in [-0.05, 0) is 32.3 Å². The first-order valence-corrected chi connectivity index (χ1v) is 6.44. The molecule has 104 valence electrons. The summed E-state index contributed by atoms with van der Waals surface area (Å²) in [6.07, 6.45) is 3.82. The van der Waals surface area contributed by atoms with Gasteiger partial charge in [-0.15, -0.1) is 0 Å². The molecule has 2 heterocycles. The van der Waals surface area contributed by atoms with E-state index in [1.165, 1.54) is 12.4 Å². The van der Waals surface area contributed by atoms with E-state index in [1.54, 1.807) is 6.07 Å². The van der Waals surface area contributed by atoms with Crippen LogP contribution in [0.25, 0.3) is 0 Å². The quantitative estimate of drug-likeness (QED) is 0.670. The van der Waals surface area contributed by atoms with Crippen LogP contribution in [0, 0.1) is 10.1 Å². The zero-order valence-corrected chi connectivity index (χ0v) is 11.1. The van der Waals surface area contributed by atoms with Crippen LogP contribution < -0.4 is 0 Å². The predicted octanol–water partition coefficient (Wildman–Crippen LogP) is 2.37. The smallest absolute Gasteiger partial charge is 0.293 e. The van der Waals surface area contributed by atoms with Crippen molar-refractivity contribution < 1.29 is 14.8 Å². The molecule has 0 bridgehead atoms. The number of hydrogen-bond donors (Lipinski definition) is 1. The van der Waals surface area contributed by atoms with Crippen LogP contribution in [0.1, 0.15) is 44.8 Å². The Morgan fingerprint density at radius 3 is 3.00 bits per heavy atom. The standard InChI is InChI=1S/C13H18N2O4/c1-3-13(16)6-4-12(19-9(13)2)10-5-7-14-8-11(10)15(17)18/h5,7-9,12,16H,3-4,6H2,1-2H3. The molecular formula is C13H18N2O4. The summed E-state index contributed by atoms with van der Waals surface area (Å²) in [5.41, 5.74) is -0.329. The first-order chi connectivity index (χ1) is 8.98.